The largest absolute Gasteiger partial charge is 0.481 e. The van der Waals surface area contributed by atoms with E-state index in [1.54, 1.807) is 31.2 Å². The number of rotatable bonds is 5. The molecule has 5 nitrogen and oxygen atoms in total. The quantitative estimate of drug-likeness (QED) is 0.913. The van der Waals surface area contributed by atoms with Crippen LogP contribution in [0.4, 0.5) is 0 Å². The highest BCUT2D eigenvalue weighted by atomic mass is 35.5. The van der Waals surface area contributed by atoms with Gasteiger partial charge in [0.15, 0.2) is 17.6 Å². The van der Waals surface area contributed by atoms with Crippen LogP contribution in [0.15, 0.2) is 42.5 Å². The fourth-order valence-corrected chi connectivity index (χ4v) is 2.38. The molecule has 6 heteroatoms. The molecule has 2 aromatic carbocycles. The third kappa shape index (κ3) is 3.68. The molecule has 0 spiro atoms. The normalized spacial score (nSPS) is 13.5. The van der Waals surface area contributed by atoms with E-state index in [1.165, 1.54) is 0 Å². The second-order valence-electron chi connectivity index (χ2n) is 5.08. The predicted molar refractivity (Wildman–Crippen MR) is 86.0 cm³/mol. The molecule has 1 aliphatic heterocycles. The molecule has 0 saturated carbocycles. The molecule has 0 aliphatic carbocycles. The summed E-state index contributed by atoms with van der Waals surface area (Å²) >= 11 is 6.06. The first kappa shape index (κ1) is 15.5. The highest BCUT2D eigenvalue weighted by molar-refractivity contribution is 6.31. The van der Waals surface area contributed by atoms with Crippen LogP contribution < -0.4 is 19.5 Å². The van der Waals surface area contributed by atoms with Gasteiger partial charge >= 0.3 is 0 Å². The minimum Gasteiger partial charge on any atom is -0.481 e. The van der Waals surface area contributed by atoms with Gasteiger partial charge < -0.3 is 19.5 Å². The number of hydrogen-bond donors (Lipinski definition) is 1. The molecule has 1 atom stereocenters. The Bertz CT molecular complexity index is 719. The van der Waals surface area contributed by atoms with Crippen molar-refractivity contribution < 1.29 is 19.0 Å². The summed E-state index contributed by atoms with van der Waals surface area (Å²) in [4.78, 5) is 12.1. The fraction of sp³-hybridized carbons (Fsp3) is 0.235. The van der Waals surface area contributed by atoms with Crippen LogP contribution >= 0.6 is 11.6 Å². The van der Waals surface area contributed by atoms with Crippen LogP contribution in [0.25, 0.3) is 0 Å². The van der Waals surface area contributed by atoms with Crippen LogP contribution in [-0.4, -0.2) is 18.8 Å². The molecule has 0 aromatic heterocycles. The lowest BCUT2D eigenvalue weighted by molar-refractivity contribution is -0.127. The Morgan fingerprint density at radius 3 is 2.87 bits per heavy atom. The van der Waals surface area contributed by atoms with Crippen molar-refractivity contribution in [3.8, 4) is 17.2 Å². The second-order valence-corrected chi connectivity index (χ2v) is 5.49. The number of carbonyl (C=O) groups is 1. The van der Waals surface area contributed by atoms with Gasteiger partial charge in [-0.15, -0.1) is 0 Å². The summed E-state index contributed by atoms with van der Waals surface area (Å²) in [5, 5.41) is 3.43. The van der Waals surface area contributed by atoms with E-state index in [2.05, 4.69) is 5.32 Å². The Hall–Kier alpha value is -2.40. The van der Waals surface area contributed by atoms with Gasteiger partial charge in [0.25, 0.3) is 5.91 Å². The van der Waals surface area contributed by atoms with Crippen molar-refractivity contribution >= 4 is 17.5 Å². The van der Waals surface area contributed by atoms with E-state index in [-0.39, 0.29) is 12.7 Å². The third-order valence-corrected chi connectivity index (χ3v) is 3.81. The predicted octanol–water partition coefficient (Wildman–Crippen LogP) is 3.15. The number of amides is 1. The average molecular weight is 334 g/mol. The molecular formula is C17H16ClNO4. The summed E-state index contributed by atoms with van der Waals surface area (Å²) < 4.78 is 16.2. The zero-order chi connectivity index (χ0) is 16.2. The topological polar surface area (TPSA) is 56.8 Å². The van der Waals surface area contributed by atoms with E-state index < -0.39 is 6.10 Å². The zero-order valence-corrected chi connectivity index (χ0v) is 13.3. The molecule has 0 radical (unpaired) electrons. The van der Waals surface area contributed by atoms with Gasteiger partial charge in [-0.3, -0.25) is 4.79 Å². The first-order valence-corrected chi connectivity index (χ1v) is 7.59. The van der Waals surface area contributed by atoms with Gasteiger partial charge in [0, 0.05) is 17.6 Å². The molecule has 1 heterocycles. The molecule has 0 saturated heterocycles. The van der Waals surface area contributed by atoms with Crippen LogP contribution in [0.1, 0.15) is 12.5 Å². The van der Waals surface area contributed by atoms with Crippen molar-refractivity contribution in [2.45, 2.75) is 19.6 Å². The first-order chi connectivity index (χ1) is 11.1. The minimum absolute atomic E-state index is 0.201. The van der Waals surface area contributed by atoms with E-state index in [1.807, 2.05) is 18.2 Å². The number of hydrogen-bond acceptors (Lipinski definition) is 4. The summed E-state index contributed by atoms with van der Waals surface area (Å²) in [5.74, 6) is 1.62. The number of halogens is 1. The highest BCUT2D eigenvalue weighted by Gasteiger charge is 2.18. The maximum Gasteiger partial charge on any atom is 0.261 e. The Morgan fingerprint density at radius 1 is 1.26 bits per heavy atom. The summed E-state index contributed by atoms with van der Waals surface area (Å²) in [7, 11) is 0. The molecule has 2 aromatic rings. The summed E-state index contributed by atoms with van der Waals surface area (Å²) in [6.07, 6.45) is -0.641. The standard InChI is InChI=1S/C17H16ClNO4/c1-11(17(20)19-9-12-4-2-3-5-14(12)18)23-13-6-7-15-16(8-13)22-10-21-15/h2-8,11H,9-10H2,1H3,(H,19,20). The van der Waals surface area contributed by atoms with E-state index in [0.717, 1.165) is 5.56 Å². The zero-order valence-electron chi connectivity index (χ0n) is 12.5. The van der Waals surface area contributed by atoms with E-state index >= 15 is 0 Å². The number of benzene rings is 2. The molecule has 120 valence electrons. The molecule has 1 unspecified atom stereocenters. The van der Waals surface area contributed by atoms with Crippen molar-refractivity contribution in [3.63, 3.8) is 0 Å². The van der Waals surface area contributed by atoms with Crippen molar-refractivity contribution in [1.29, 1.82) is 0 Å². The van der Waals surface area contributed by atoms with Crippen LogP contribution in [0.5, 0.6) is 17.2 Å². The Balaban J connectivity index is 1.56. The van der Waals surface area contributed by atoms with Crippen molar-refractivity contribution in [2.24, 2.45) is 0 Å². The van der Waals surface area contributed by atoms with E-state index in [9.17, 15) is 4.79 Å². The number of carbonyl (C=O) groups excluding carboxylic acids is 1. The van der Waals surface area contributed by atoms with Crippen LogP contribution in [0.3, 0.4) is 0 Å². The van der Waals surface area contributed by atoms with Gasteiger partial charge in [0.1, 0.15) is 5.75 Å². The second kappa shape index (κ2) is 6.79. The van der Waals surface area contributed by atoms with Crippen LogP contribution in [-0.2, 0) is 11.3 Å². The minimum atomic E-state index is -0.641. The lowest BCUT2D eigenvalue weighted by atomic mass is 10.2. The molecule has 1 N–H and O–H groups in total. The summed E-state index contributed by atoms with van der Waals surface area (Å²) in [6.45, 7) is 2.24. The lowest BCUT2D eigenvalue weighted by Crippen LogP contribution is -2.35. The molecule has 1 amide bonds. The Labute approximate surface area is 139 Å². The average Bonchev–Trinajstić information content (AvgIpc) is 3.01. The fourth-order valence-electron chi connectivity index (χ4n) is 2.18. The highest BCUT2D eigenvalue weighted by Crippen LogP contribution is 2.35. The van der Waals surface area contributed by atoms with E-state index in [0.29, 0.717) is 28.8 Å². The number of ether oxygens (including phenoxy) is 3. The number of nitrogens with one attached hydrogen (secondary N) is 1. The third-order valence-electron chi connectivity index (χ3n) is 3.44. The summed E-state index contributed by atoms with van der Waals surface area (Å²) in [5.41, 5.74) is 0.859. The Kier molecular flexibility index (Phi) is 4.57. The lowest BCUT2D eigenvalue weighted by Gasteiger charge is -2.15. The van der Waals surface area contributed by atoms with Crippen molar-refractivity contribution in [2.75, 3.05) is 6.79 Å². The van der Waals surface area contributed by atoms with Gasteiger partial charge in [-0.1, -0.05) is 29.8 Å². The van der Waals surface area contributed by atoms with Gasteiger partial charge in [-0.2, -0.15) is 0 Å². The van der Waals surface area contributed by atoms with Crippen LogP contribution in [0.2, 0.25) is 5.02 Å². The van der Waals surface area contributed by atoms with Crippen molar-refractivity contribution in [3.05, 3.63) is 53.1 Å². The summed E-state index contributed by atoms with van der Waals surface area (Å²) in [6, 6.07) is 12.6. The first-order valence-electron chi connectivity index (χ1n) is 7.21. The maximum atomic E-state index is 12.1. The molecule has 23 heavy (non-hydrogen) atoms. The van der Waals surface area contributed by atoms with Crippen molar-refractivity contribution in [1.82, 2.24) is 5.32 Å². The van der Waals surface area contributed by atoms with Gasteiger partial charge in [0.2, 0.25) is 6.79 Å². The van der Waals surface area contributed by atoms with Gasteiger partial charge in [-0.25, -0.2) is 0 Å². The SMILES string of the molecule is CC(Oc1ccc2c(c1)OCO2)C(=O)NCc1ccccc1Cl. The van der Waals surface area contributed by atoms with E-state index in [4.69, 9.17) is 25.8 Å². The van der Waals surface area contributed by atoms with Crippen LogP contribution in [0, 0.1) is 0 Å². The molecule has 3 rings (SSSR count). The smallest absolute Gasteiger partial charge is 0.261 e. The molecule has 0 bridgehead atoms. The number of fused-ring (bicyclic) bond motifs is 1. The maximum absolute atomic E-state index is 12.1. The van der Waals surface area contributed by atoms with Gasteiger partial charge in [0.05, 0.1) is 0 Å². The Morgan fingerprint density at radius 2 is 2.04 bits per heavy atom. The monoisotopic (exact) mass is 333 g/mol. The van der Waals surface area contributed by atoms with Gasteiger partial charge in [-0.05, 0) is 30.7 Å². The molecular weight excluding hydrogens is 318 g/mol. The molecule has 1 aliphatic rings. The molecule has 0 fully saturated rings.